The van der Waals surface area contributed by atoms with Crippen LogP contribution in [-0.2, 0) is 14.4 Å². The van der Waals surface area contributed by atoms with Gasteiger partial charge in [0.15, 0.2) is 0 Å². The predicted octanol–water partition coefficient (Wildman–Crippen LogP) is 1.93. The summed E-state index contributed by atoms with van der Waals surface area (Å²) in [4.78, 5) is 40.4. The van der Waals surface area contributed by atoms with E-state index in [-0.39, 0.29) is 29.6 Å². The summed E-state index contributed by atoms with van der Waals surface area (Å²) in [6, 6.07) is 0.369. The molecule has 3 fully saturated rings. The van der Waals surface area contributed by atoms with Crippen LogP contribution in [0.25, 0.3) is 0 Å². The highest BCUT2D eigenvalue weighted by Crippen LogP contribution is 2.31. The first-order chi connectivity index (χ1) is 12.5. The van der Waals surface area contributed by atoms with Crippen molar-refractivity contribution in [3.05, 3.63) is 0 Å². The molecule has 0 spiro atoms. The molecule has 1 saturated heterocycles. The van der Waals surface area contributed by atoms with Crippen LogP contribution in [0.1, 0.15) is 64.7 Å². The Morgan fingerprint density at radius 1 is 0.731 bits per heavy atom. The number of carbonyl (C=O) groups is 3. The largest absolute Gasteiger partial charge is 0.353 e. The van der Waals surface area contributed by atoms with Gasteiger partial charge in [-0.2, -0.15) is 0 Å². The number of nitrogens with zero attached hydrogens (tertiary/aromatic N) is 2. The Morgan fingerprint density at radius 3 is 1.85 bits per heavy atom. The van der Waals surface area contributed by atoms with Gasteiger partial charge in [0.25, 0.3) is 0 Å². The van der Waals surface area contributed by atoms with Crippen LogP contribution in [0.4, 0.5) is 0 Å². The summed E-state index contributed by atoms with van der Waals surface area (Å²) in [5.41, 5.74) is 0. The van der Waals surface area contributed by atoms with Gasteiger partial charge in [-0.15, -0.1) is 0 Å². The standard InChI is InChI=1S/C20H33N3O3/c1-15(24)22-11-13-23(14-12-22)20(26)17-9-7-16(8-10-17)19(25)21-18-5-3-2-4-6-18/h16-18H,2-14H2,1H3,(H,21,25). The number of piperazine rings is 1. The molecule has 3 amide bonds. The van der Waals surface area contributed by atoms with Crippen molar-refractivity contribution in [1.82, 2.24) is 15.1 Å². The average Bonchev–Trinajstić information content (AvgIpc) is 2.68. The molecule has 0 aromatic rings. The van der Waals surface area contributed by atoms with E-state index < -0.39 is 0 Å². The number of hydrogen-bond donors (Lipinski definition) is 1. The number of nitrogens with one attached hydrogen (secondary N) is 1. The molecule has 3 aliphatic rings. The van der Waals surface area contributed by atoms with Gasteiger partial charge in [-0.25, -0.2) is 0 Å². The van der Waals surface area contributed by atoms with Crippen LogP contribution >= 0.6 is 0 Å². The minimum Gasteiger partial charge on any atom is -0.353 e. The molecule has 1 N–H and O–H groups in total. The zero-order chi connectivity index (χ0) is 18.5. The van der Waals surface area contributed by atoms with E-state index in [1.54, 1.807) is 11.8 Å². The van der Waals surface area contributed by atoms with Gasteiger partial charge >= 0.3 is 0 Å². The topological polar surface area (TPSA) is 69.7 Å². The maximum Gasteiger partial charge on any atom is 0.225 e. The third-order valence-electron chi connectivity index (χ3n) is 6.44. The van der Waals surface area contributed by atoms with Gasteiger partial charge in [0.2, 0.25) is 17.7 Å². The maximum absolute atomic E-state index is 12.7. The molecule has 0 radical (unpaired) electrons. The van der Waals surface area contributed by atoms with Crippen LogP contribution in [0.5, 0.6) is 0 Å². The third-order valence-corrected chi connectivity index (χ3v) is 6.44. The van der Waals surface area contributed by atoms with Crippen molar-refractivity contribution in [3.63, 3.8) is 0 Å². The molecule has 0 unspecified atom stereocenters. The Hall–Kier alpha value is -1.59. The second kappa shape index (κ2) is 8.87. The summed E-state index contributed by atoms with van der Waals surface area (Å²) in [6.07, 6.45) is 9.25. The van der Waals surface area contributed by atoms with Crippen molar-refractivity contribution in [2.24, 2.45) is 11.8 Å². The van der Waals surface area contributed by atoms with Gasteiger partial charge in [-0.3, -0.25) is 14.4 Å². The van der Waals surface area contributed by atoms with Crippen LogP contribution in [0.3, 0.4) is 0 Å². The van der Waals surface area contributed by atoms with Gasteiger partial charge in [-0.1, -0.05) is 19.3 Å². The summed E-state index contributed by atoms with van der Waals surface area (Å²) in [7, 11) is 0. The van der Waals surface area contributed by atoms with Crippen LogP contribution in [0.15, 0.2) is 0 Å². The smallest absolute Gasteiger partial charge is 0.225 e. The van der Waals surface area contributed by atoms with Gasteiger partial charge in [-0.05, 0) is 38.5 Å². The van der Waals surface area contributed by atoms with E-state index in [0.29, 0.717) is 32.2 Å². The number of amides is 3. The van der Waals surface area contributed by atoms with Crippen molar-refractivity contribution in [2.45, 2.75) is 70.8 Å². The van der Waals surface area contributed by atoms with E-state index in [4.69, 9.17) is 0 Å². The predicted molar refractivity (Wildman–Crippen MR) is 99.3 cm³/mol. The maximum atomic E-state index is 12.7. The van der Waals surface area contributed by atoms with Crippen molar-refractivity contribution in [2.75, 3.05) is 26.2 Å². The molecule has 146 valence electrons. The normalized spacial score (nSPS) is 27.9. The number of hydrogen-bond acceptors (Lipinski definition) is 3. The fourth-order valence-corrected chi connectivity index (χ4v) is 4.67. The van der Waals surface area contributed by atoms with Crippen LogP contribution in [0, 0.1) is 11.8 Å². The lowest BCUT2D eigenvalue weighted by Crippen LogP contribution is -2.52. The minimum atomic E-state index is 0.0533. The van der Waals surface area contributed by atoms with Crippen LogP contribution < -0.4 is 5.32 Å². The molecule has 0 aromatic heterocycles. The van der Waals surface area contributed by atoms with Gasteiger partial charge < -0.3 is 15.1 Å². The van der Waals surface area contributed by atoms with Crippen molar-refractivity contribution in [3.8, 4) is 0 Å². The lowest BCUT2D eigenvalue weighted by molar-refractivity contribution is -0.143. The van der Waals surface area contributed by atoms with Crippen molar-refractivity contribution in [1.29, 1.82) is 0 Å². The highest BCUT2D eigenvalue weighted by molar-refractivity contribution is 5.81. The molecule has 2 aliphatic carbocycles. The first-order valence-corrected chi connectivity index (χ1v) is 10.4. The highest BCUT2D eigenvalue weighted by Gasteiger charge is 2.34. The summed E-state index contributed by atoms with van der Waals surface area (Å²) in [5, 5.41) is 3.24. The lowest BCUT2D eigenvalue weighted by Gasteiger charge is -2.37. The van der Waals surface area contributed by atoms with Gasteiger partial charge in [0, 0.05) is 51.0 Å². The molecule has 1 aliphatic heterocycles. The first kappa shape index (κ1) is 19.2. The average molecular weight is 364 g/mol. The summed E-state index contributed by atoms with van der Waals surface area (Å²) in [5.74, 6) is 0.645. The molecule has 6 nitrogen and oxygen atoms in total. The van der Waals surface area contributed by atoms with Gasteiger partial charge in [0.05, 0.1) is 0 Å². The molecule has 6 heteroatoms. The third kappa shape index (κ3) is 4.77. The number of rotatable bonds is 3. The van der Waals surface area contributed by atoms with E-state index in [0.717, 1.165) is 38.5 Å². The zero-order valence-corrected chi connectivity index (χ0v) is 16.0. The second-order valence-corrected chi connectivity index (χ2v) is 8.22. The molecule has 2 saturated carbocycles. The Balaban J connectivity index is 1.41. The van der Waals surface area contributed by atoms with Crippen LogP contribution in [-0.4, -0.2) is 59.7 Å². The first-order valence-electron chi connectivity index (χ1n) is 10.4. The molecule has 3 rings (SSSR count). The second-order valence-electron chi connectivity index (χ2n) is 8.22. The fraction of sp³-hybridized carbons (Fsp3) is 0.850. The Bertz CT molecular complexity index is 514. The van der Waals surface area contributed by atoms with Crippen molar-refractivity contribution < 1.29 is 14.4 Å². The number of carbonyl (C=O) groups excluding carboxylic acids is 3. The molecule has 26 heavy (non-hydrogen) atoms. The SMILES string of the molecule is CC(=O)N1CCN(C(=O)C2CCC(C(=O)NC3CCCCC3)CC2)CC1. The minimum absolute atomic E-state index is 0.0533. The molecule has 0 aromatic carbocycles. The lowest BCUT2D eigenvalue weighted by atomic mass is 9.80. The van der Waals surface area contributed by atoms with E-state index in [9.17, 15) is 14.4 Å². The van der Waals surface area contributed by atoms with Crippen LogP contribution in [0.2, 0.25) is 0 Å². The monoisotopic (exact) mass is 363 g/mol. The Morgan fingerprint density at radius 2 is 1.27 bits per heavy atom. The summed E-state index contributed by atoms with van der Waals surface area (Å²) >= 11 is 0. The van der Waals surface area contributed by atoms with Crippen molar-refractivity contribution >= 4 is 17.7 Å². The van der Waals surface area contributed by atoms with E-state index >= 15 is 0 Å². The molecule has 0 bridgehead atoms. The quantitative estimate of drug-likeness (QED) is 0.833. The molecule has 1 heterocycles. The van der Waals surface area contributed by atoms with E-state index in [1.165, 1.54) is 19.3 Å². The van der Waals surface area contributed by atoms with E-state index in [2.05, 4.69) is 5.32 Å². The van der Waals surface area contributed by atoms with E-state index in [1.807, 2.05) is 4.90 Å². The van der Waals surface area contributed by atoms with Gasteiger partial charge in [0.1, 0.15) is 0 Å². The Kier molecular flexibility index (Phi) is 6.54. The molecular formula is C20H33N3O3. The molecular weight excluding hydrogens is 330 g/mol. The summed E-state index contributed by atoms with van der Waals surface area (Å²) in [6.45, 7) is 4.14. The summed E-state index contributed by atoms with van der Waals surface area (Å²) < 4.78 is 0. The Labute approximate surface area is 156 Å². The zero-order valence-electron chi connectivity index (χ0n) is 16.0. The molecule has 0 atom stereocenters. The highest BCUT2D eigenvalue weighted by atomic mass is 16.2. The fourth-order valence-electron chi connectivity index (χ4n) is 4.67.